The summed E-state index contributed by atoms with van der Waals surface area (Å²) in [6, 6.07) is 4.14. The fourth-order valence-electron chi connectivity index (χ4n) is 2.43. The van der Waals surface area contributed by atoms with E-state index in [-0.39, 0.29) is 0 Å². The van der Waals surface area contributed by atoms with Gasteiger partial charge in [0.2, 0.25) is 0 Å². The van der Waals surface area contributed by atoms with Crippen molar-refractivity contribution in [2.45, 2.75) is 19.6 Å². The van der Waals surface area contributed by atoms with Crippen molar-refractivity contribution < 1.29 is 13.2 Å². The summed E-state index contributed by atoms with van der Waals surface area (Å²) in [6.07, 6.45) is -4.29. The maximum atomic E-state index is 12.8. The van der Waals surface area contributed by atoms with E-state index in [1.54, 1.807) is 6.07 Å². The Balaban J connectivity index is 2.05. The van der Waals surface area contributed by atoms with E-state index in [9.17, 15) is 13.2 Å². The second-order valence-corrected chi connectivity index (χ2v) is 5.97. The van der Waals surface area contributed by atoms with Crippen molar-refractivity contribution in [1.82, 2.24) is 9.80 Å². The van der Waals surface area contributed by atoms with Crippen molar-refractivity contribution in [3.05, 3.63) is 33.8 Å². The fourth-order valence-corrected chi connectivity index (χ4v) is 2.97. The van der Waals surface area contributed by atoms with Crippen molar-refractivity contribution in [2.24, 2.45) is 0 Å². The lowest BCUT2D eigenvalue weighted by Gasteiger charge is -2.34. The number of likely N-dealkylation sites (N-methyl/N-ethyl adjacent to an activating group) is 1. The summed E-state index contributed by atoms with van der Waals surface area (Å²) in [7, 11) is 0. The minimum Gasteiger partial charge on any atom is -0.301 e. The number of hydrogen-bond acceptors (Lipinski definition) is 2. The van der Waals surface area contributed by atoms with Gasteiger partial charge in [0.1, 0.15) is 0 Å². The topological polar surface area (TPSA) is 6.48 Å². The number of piperazine rings is 1. The molecule has 1 saturated heterocycles. The Bertz CT molecular complexity index is 454. The average molecular weight is 351 g/mol. The normalized spacial score (nSPS) is 18.4. The van der Waals surface area contributed by atoms with E-state index in [1.165, 1.54) is 6.07 Å². The molecule has 1 fully saturated rings. The molecule has 2 rings (SSSR count). The Labute approximate surface area is 125 Å². The van der Waals surface area contributed by atoms with E-state index in [2.05, 4.69) is 32.7 Å². The summed E-state index contributed by atoms with van der Waals surface area (Å²) in [5.74, 6) is 0. The lowest BCUT2D eigenvalue weighted by Crippen LogP contribution is -2.45. The first-order valence-electron chi connectivity index (χ1n) is 6.70. The van der Waals surface area contributed by atoms with Crippen LogP contribution in [0.1, 0.15) is 18.1 Å². The van der Waals surface area contributed by atoms with Gasteiger partial charge in [0.25, 0.3) is 0 Å². The molecule has 0 N–H and O–H groups in total. The van der Waals surface area contributed by atoms with E-state index in [0.29, 0.717) is 16.6 Å². The molecule has 1 aromatic rings. The van der Waals surface area contributed by atoms with E-state index >= 15 is 0 Å². The highest BCUT2D eigenvalue weighted by atomic mass is 79.9. The zero-order valence-corrected chi connectivity index (χ0v) is 13.0. The second-order valence-electron chi connectivity index (χ2n) is 5.06. The maximum Gasteiger partial charge on any atom is 0.416 e. The lowest BCUT2D eigenvalue weighted by atomic mass is 10.1. The minimum absolute atomic E-state index is 0.481. The molecule has 0 bridgehead atoms. The quantitative estimate of drug-likeness (QED) is 0.821. The molecule has 1 heterocycles. The van der Waals surface area contributed by atoms with Gasteiger partial charge in [-0.1, -0.05) is 22.9 Å². The molecular weight excluding hydrogens is 333 g/mol. The summed E-state index contributed by atoms with van der Waals surface area (Å²) in [4.78, 5) is 4.55. The van der Waals surface area contributed by atoms with Crippen LogP contribution in [0.4, 0.5) is 13.2 Å². The number of rotatable bonds is 3. The van der Waals surface area contributed by atoms with Crippen LogP contribution >= 0.6 is 15.9 Å². The second kappa shape index (κ2) is 6.45. The number of alkyl halides is 3. The molecule has 0 atom stereocenters. The molecule has 0 saturated carbocycles. The first-order chi connectivity index (χ1) is 9.38. The molecule has 1 aromatic carbocycles. The van der Waals surface area contributed by atoms with Crippen LogP contribution in [0.3, 0.4) is 0 Å². The highest BCUT2D eigenvalue weighted by Gasteiger charge is 2.31. The molecule has 112 valence electrons. The van der Waals surface area contributed by atoms with Crippen LogP contribution in [0.5, 0.6) is 0 Å². The third kappa shape index (κ3) is 4.20. The standard InChI is InChI=1S/C14H18BrF3N2/c1-2-19-3-5-20(6-4-19)10-11-7-12(14(16,17)18)9-13(15)8-11/h7-9H,2-6,10H2,1H3. The summed E-state index contributed by atoms with van der Waals surface area (Å²) in [5, 5.41) is 0. The Morgan fingerprint density at radius 2 is 1.65 bits per heavy atom. The first kappa shape index (κ1) is 15.8. The Morgan fingerprint density at radius 3 is 2.20 bits per heavy atom. The van der Waals surface area contributed by atoms with Crippen molar-refractivity contribution in [3.63, 3.8) is 0 Å². The van der Waals surface area contributed by atoms with Gasteiger partial charge in [-0.15, -0.1) is 0 Å². The fraction of sp³-hybridized carbons (Fsp3) is 0.571. The van der Waals surface area contributed by atoms with Crippen LogP contribution in [0.2, 0.25) is 0 Å². The van der Waals surface area contributed by atoms with Gasteiger partial charge in [-0.2, -0.15) is 13.2 Å². The van der Waals surface area contributed by atoms with Crippen LogP contribution < -0.4 is 0 Å². The lowest BCUT2D eigenvalue weighted by molar-refractivity contribution is -0.137. The van der Waals surface area contributed by atoms with Crippen LogP contribution in [0.15, 0.2) is 22.7 Å². The number of benzene rings is 1. The predicted molar refractivity (Wildman–Crippen MR) is 76.5 cm³/mol. The Hall–Kier alpha value is -0.590. The third-order valence-electron chi connectivity index (χ3n) is 3.60. The highest BCUT2D eigenvalue weighted by molar-refractivity contribution is 9.10. The van der Waals surface area contributed by atoms with Gasteiger partial charge in [0.15, 0.2) is 0 Å². The molecule has 0 amide bonds. The molecule has 0 unspecified atom stereocenters. The molecule has 0 aromatic heterocycles. The van der Waals surface area contributed by atoms with Crippen molar-refractivity contribution in [1.29, 1.82) is 0 Å². The van der Waals surface area contributed by atoms with Gasteiger partial charge in [0.05, 0.1) is 5.56 Å². The monoisotopic (exact) mass is 350 g/mol. The zero-order valence-electron chi connectivity index (χ0n) is 11.4. The van der Waals surface area contributed by atoms with E-state index < -0.39 is 11.7 Å². The molecule has 1 aliphatic rings. The number of halogens is 4. The van der Waals surface area contributed by atoms with E-state index in [1.807, 2.05) is 0 Å². The van der Waals surface area contributed by atoms with Crippen LogP contribution in [-0.4, -0.2) is 42.5 Å². The zero-order chi connectivity index (χ0) is 14.8. The van der Waals surface area contributed by atoms with Gasteiger partial charge < -0.3 is 4.90 Å². The number of nitrogens with zero attached hydrogens (tertiary/aromatic N) is 2. The number of hydrogen-bond donors (Lipinski definition) is 0. The average Bonchev–Trinajstić information content (AvgIpc) is 2.38. The van der Waals surface area contributed by atoms with E-state index in [0.717, 1.165) is 38.8 Å². The van der Waals surface area contributed by atoms with E-state index in [4.69, 9.17) is 0 Å². The van der Waals surface area contributed by atoms with Gasteiger partial charge in [-0.3, -0.25) is 4.90 Å². The van der Waals surface area contributed by atoms with Crippen LogP contribution in [0.25, 0.3) is 0 Å². The predicted octanol–water partition coefficient (Wildman–Crippen LogP) is 3.61. The minimum atomic E-state index is -4.29. The molecule has 0 spiro atoms. The molecule has 2 nitrogen and oxygen atoms in total. The largest absolute Gasteiger partial charge is 0.416 e. The van der Waals surface area contributed by atoms with Crippen LogP contribution in [0, 0.1) is 0 Å². The molecule has 0 aliphatic carbocycles. The van der Waals surface area contributed by atoms with Gasteiger partial charge in [-0.05, 0) is 30.3 Å². The molecule has 6 heteroatoms. The van der Waals surface area contributed by atoms with Crippen molar-refractivity contribution in [3.8, 4) is 0 Å². The summed E-state index contributed by atoms with van der Waals surface area (Å²) in [6.45, 7) is 7.50. The SMILES string of the molecule is CCN1CCN(Cc2cc(Br)cc(C(F)(F)F)c2)CC1. The third-order valence-corrected chi connectivity index (χ3v) is 4.06. The highest BCUT2D eigenvalue weighted by Crippen LogP contribution is 2.32. The summed E-state index contributed by atoms with van der Waals surface area (Å²) < 4.78 is 38.8. The van der Waals surface area contributed by atoms with Gasteiger partial charge in [0, 0.05) is 37.2 Å². The molecule has 20 heavy (non-hydrogen) atoms. The van der Waals surface area contributed by atoms with Crippen molar-refractivity contribution >= 4 is 15.9 Å². The molecular formula is C14H18BrF3N2. The van der Waals surface area contributed by atoms with Gasteiger partial charge >= 0.3 is 6.18 Å². The first-order valence-corrected chi connectivity index (χ1v) is 7.49. The van der Waals surface area contributed by atoms with Crippen LogP contribution in [-0.2, 0) is 12.7 Å². The smallest absolute Gasteiger partial charge is 0.301 e. The molecule has 0 radical (unpaired) electrons. The maximum absolute atomic E-state index is 12.8. The summed E-state index contributed by atoms with van der Waals surface area (Å²) in [5.41, 5.74) is 0.116. The Morgan fingerprint density at radius 1 is 1.05 bits per heavy atom. The molecule has 1 aliphatic heterocycles. The van der Waals surface area contributed by atoms with Gasteiger partial charge in [-0.25, -0.2) is 0 Å². The summed E-state index contributed by atoms with van der Waals surface area (Å²) >= 11 is 3.16. The Kier molecular flexibility index (Phi) is 5.09. The van der Waals surface area contributed by atoms with Crippen molar-refractivity contribution in [2.75, 3.05) is 32.7 Å².